The van der Waals surface area contributed by atoms with Crippen LogP contribution in [0.15, 0.2) is 29.1 Å². The Kier molecular flexibility index (Phi) is 3.91. The van der Waals surface area contributed by atoms with Crippen LogP contribution in [0.3, 0.4) is 0 Å². The first-order valence-corrected chi connectivity index (χ1v) is 9.07. The Hall–Kier alpha value is -2.14. The number of likely N-dealkylation sites (tertiary alicyclic amines) is 2. The lowest BCUT2D eigenvalue weighted by Gasteiger charge is -2.40. The average molecular weight is 339 g/mol. The quantitative estimate of drug-likeness (QED) is 0.868. The van der Waals surface area contributed by atoms with E-state index >= 15 is 0 Å². The van der Waals surface area contributed by atoms with Gasteiger partial charge in [-0.1, -0.05) is 11.6 Å². The van der Waals surface area contributed by atoms with Crippen molar-refractivity contribution < 1.29 is 4.79 Å². The lowest BCUT2D eigenvalue weighted by Crippen LogP contribution is -2.47. The number of nitrogens with zero attached hydrogens (tertiary/aromatic N) is 2. The van der Waals surface area contributed by atoms with Crippen LogP contribution < -0.4 is 5.56 Å². The largest absolute Gasteiger partial charge is 0.338 e. The molecule has 5 nitrogen and oxygen atoms in total. The number of fused-ring (bicyclic) bond motifs is 1. The van der Waals surface area contributed by atoms with Crippen molar-refractivity contribution >= 4 is 16.8 Å². The van der Waals surface area contributed by atoms with Crippen molar-refractivity contribution in [3.63, 3.8) is 0 Å². The van der Waals surface area contributed by atoms with E-state index in [9.17, 15) is 9.59 Å². The summed E-state index contributed by atoms with van der Waals surface area (Å²) < 4.78 is 0. The third-order valence-electron chi connectivity index (χ3n) is 5.81. The monoisotopic (exact) mass is 339 g/mol. The Morgan fingerprint density at radius 1 is 1.16 bits per heavy atom. The molecule has 0 bridgehead atoms. The summed E-state index contributed by atoms with van der Waals surface area (Å²) in [6.07, 6.45) is 3.39. The summed E-state index contributed by atoms with van der Waals surface area (Å²) in [4.78, 5) is 32.5. The second-order valence-corrected chi connectivity index (χ2v) is 7.91. The molecule has 1 spiro atoms. The van der Waals surface area contributed by atoms with Gasteiger partial charge >= 0.3 is 0 Å². The van der Waals surface area contributed by atoms with Crippen molar-refractivity contribution in [2.24, 2.45) is 5.41 Å². The van der Waals surface area contributed by atoms with Gasteiger partial charge in [0.15, 0.2) is 0 Å². The number of aryl methyl sites for hydroxylation is 1. The zero-order valence-electron chi connectivity index (χ0n) is 15.0. The van der Waals surface area contributed by atoms with Crippen LogP contribution in [-0.2, 0) is 0 Å². The molecule has 4 rings (SSSR count). The molecule has 25 heavy (non-hydrogen) atoms. The first-order valence-electron chi connectivity index (χ1n) is 9.07. The van der Waals surface area contributed by atoms with Crippen LogP contribution in [0.5, 0.6) is 0 Å². The molecule has 2 aliphatic rings. The van der Waals surface area contributed by atoms with Gasteiger partial charge in [-0.25, -0.2) is 0 Å². The topological polar surface area (TPSA) is 56.4 Å². The summed E-state index contributed by atoms with van der Waals surface area (Å²) in [5.74, 6) is -0.00433. The number of aromatic nitrogens is 1. The molecule has 2 fully saturated rings. The number of aromatic amines is 1. The normalized spacial score (nSPS) is 24.3. The van der Waals surface area contributed by atoms with E-state index in [0.717, 1.165) is 55.5 Å². The lowest BCUT2D eigenvalue weighted by molar-refractivity contribution is 0.0536. The van der Waals surface area contributed by atoms with Crippen molar-refractivity contribution in [2.75, 3.05) is 33.2 Å². The minimum absolute atomic E-state index is 0.00433. The van der Waals surface area contributed by atoms with Gasteiger partial charge in [0.2, 0.25) is 5.56 Å². The predicted molar refractivity (Wildman–Crippen MR) is 99.0 cm³/mol. The average Bonchev–Trinajstić information content (AvgIpc) is 2.94. The molecule has 132 valence electrons. The summed E-state index contributed by atoms with van der Waals surface area (Å²) in [6, 6.07) is 7.29. The molecule has 1 atom stereocenters. The number of piperidine rings is 1. The SMILES string of the molecule is Cc1ccc2[nH]c(=O)cc(C(=O)N3CCC[C@]4(CCN(C)C4)C3)c2c1. The maximum Gasteiger partial charge on any atom is 0.254 e. The Balaban J connectivity index is 1.70. The van der Waals surface area contributed by atoms with Crippen LogP contribution in [0.2, 0.25) is 0 Å². The predicted octanol–water partition coefficient (Wildman–Crippen LogP) is 2.39. The van der Waals surface area contributed by atoms with Gasteiger partial charge in [0.25, 0.3) is 5.91 Å². The third-order valence-corrected chi connectivity index (χ3v) is 5.81. The summed E-state index contributed by atoms with van der Waals surface area (Å²) in [5, 5.41) is 0.841. The molecule has 5 heteroatoms. The van der Waals surface area contributed by atoms with Gasteiger partial charge in [0, 0.05) is 42.0 Å². The number of amides is 1. The first kappa shape index (κ1) is 16.3. The second kappa shape index (κ2) is 5.99. The standard InChI is InChI=1S/C20H25N3O2/c1-14-4-5-17-15(10-14)16(11-18(24)21-17)19(25)23-8-3-6-20(13-23)7-9-22(2)12-20/h4-5,10-11H,3,6-9,12-13H2,1-2H3,(H,21,24)/t20-/m1/s1. The maximum absolute atomic E-state index is 13.3. The maximum atomic E-state index is 13.3. The number of hydrogen-bond acceptors (Lipinski definition) is 3. The molecule has 2 saturated heterocycles. The van der Waals surface area contributed by atoms with Gasteiger partial charge in [-0.15, -0.1) is 0 Å². The Bertz CT molecular complexity index is 884. The smallest absolute Gasteiger partial charge is 0.254 e. The lowest BCUT2D eigenvalue weighted by atomic mass is 9.79. The van der Waals surface area contributed by atoms with Gasteiger partial charge in [-0.2, -0.15) is 0 Å². The van der Waals surface area contributed by atoms with E-state index in [0.29, 0.717) is 5.56 Å². The molecular formula is C20H25N3O2. The van der Waals surface area contributed by atoms with Crippen molar-refractivity contribution in [3.8, 4) is 0 Å². The number of nitrogens with one attached hydrogen (secondary N) is 1. The number of carbonyl (C=O) groups excluding carboxylic acids is 1. The molecule has 2 aliphatic heterocycles. The molecule has 2 aromatic rings. The molecule has 0 saturated carbocycles. The number of carbonyl (C=O) groups is 1. The van der Waals surface area contributed by atoms with Crippen molar-refractivity contribution in [3.05, 3.63) is 45.7 Å². The molecule has 1 aromatic carbocycles. The van der Waals surface area contributed by atoms with Gasteiger partial charge in [-0.3, -0.25) is 9.59 Å². The van der Waals surface area contributed by atoms with Crippen LogP contribution in [0.1, 0.15) is 35.2 Å². The van der Waals surface area contributed by atoms with E-state index in [4.69, 9.17) is 0 Å². The number of rotatable bonds is 1. The van der Waals surface area contributed by atoms with Gasteiger partial charge in [-0.05, 0) is 51.9 Å². The number of benzene rings is 1. The van der Waals surface area contributed by atoms with Crippen LogP contribution in [0.4, 0.5) is 0 Å². The number of hydrogen-bond donors (Lipinski definition) is 1. The molecule has 1 N–H and O–H groups in total. The fraction of sp³-hybridized carbons (Fsp3) is 0.500. The highest BCUT2D eigenvalue weighted by Gasteiger charge is 2.41. The van der Waals surface area contributed by atoms with E-state index in [1.54, 1.807) is 0 Å². The molecular weight excluding hydrogens is 314 g/mol. The Labute approximate surface area is 147 Å². The minimum Gasteiger partial charge on any atom is -0.338 e. The summed E-state index contributed by atoms with van der Waals surface area (Å²) >= 11 is 0. The van der Waals surface area contributed by atoms with Gasteiger partial charge < -0.3 is 14.8 Å². The van der Waals surface area contributed by atoms with E-state index in [2.05, 4.69) is 16.9 Å². The van der Waals surface area contributed by atoms with E-state index in [1.807, 2.05) is 30.0 Å². The summed E-state index contributed by atoms with van der Waals surface area (Å²) in [6.45, 7) is 5.75. The third kappa shape index (κ3) is 2.97. The minimum atomic E-state index is -0.216. The first-order chi connectivity index (χ1) is 12.0. The highest BCUT2D eigenvalue weighted by atomic mass is 16.2. The van der Waals surface area contributed by atoms with Crippen LogP contribution >= 0.6 is 0 Å². The molecule has 0 aliphatic carbocycles. The van der Waals surface area contributed by atoms with Crippen molar-refractivity contribution in [2.45, 2.75) is 26.2 Å². The zero-order chi connectivity index (χ0) is 17.6. The molecule has 0 radical (unpaired) electrons. The van der Waals surface area contributed by atoms with Crippen LogP contribution in [0, 0.1) is 12.3 Å². The van der Waals surface area contributed by atoms with Crippen LogP contribution in [-0.4, -0.2) is 53.9 Å². The Morgan fingerprint density at radius 2 is 2.00 bits per heavy atom. The van der Waals surface area contributed by atoms with Crippen LogP contribution in [0.25, 0.3) is 10.9 Å². The summed E-state index contributed by atoms with van der Waals surface area (Å²) in [7, 11) is 2.16. The zero-order valence-corrected chi connectivity index (χ0v) is 15.0. The second-order valence-electron chi connectivity index (χ2n) is 7.91. The van der Waals surface area contributed by atoms with Gasteiger partial charge in [0.05, 0.1) is 5.56 Å². The molecule has 0 unspecified atom stereocenters. The molecule has 3 heterocycles. The fourth-order valence-corrected chi connectivity index (χ4v) is 4.59. The van der Waals surface area contributed by atoms with Crippen molar-refractivity contribution in [1.29, 1.82) is 0 Å². The highest BCUT2D eigenvalue weighted by Crippen LogP contribution is 2.38. The van der Waals surface area contributed by atoms with Crippen molar-refractivity contribution in [1.82, 2.24) is 14.8 Å². The van der Waals surface area contributed by atoms with E-state index in [-0.39, 0.29) is 16.9 Å². The fourth-order valence-electron chi connectivity index (χ4n) is 4.59. The van der Waals surface area contributed by atoms with E-state index in [1.165, 1.54) is 12.5 Å². The molecule has 1 aromatic heterocycles. The van der Waals surface area contributed by atoms with E-state index < -0.39 is 0 Å². The number of pyridine rings is 1. The highest BCUT2D eigenvalue weighted by molar-refractivity contribution is 6.06. The molecule has 1 amide bonds. The Morgan fingerprint density at radius 3 is 2.76 bits per heavy atom. The van der Waals surface area contributed by atoms with Gasteiger partial charge in [0.1, 0.15) is 0 Å². The number of H-pyrrole nitrogens is 1. The summed E-state index contributed by atoms with van der Waals surface area (Å²) in [5.41, 5.74) is 2.36.